The number of aliphatic carboxylic acids is 1. The van der Waals surface area contributed by atoms with Gasteiger partial charge in [0.05, 0.1) is 0 Å². The van der Waals surface area contributed by atoms with Gasteiger partial charge in [0, 0.05) is 12.4 Å². The Balaban J connectivity index is 2.42. The van der Waals surface area contributed by atoms with Crippen LogP contribution >= 0.6 is 0 Å². The van der Waals surface area contributed by atoms with Gasteiger partial charge in [-0.3, -0.25) is 0 Å². The fraction of sp³-hybridized carbons (Fsp3) is 0.611. The summed E-state index contributed by atoms with van der Waals surface area (Å²) < 4.78 is 0. The van der Waals surface area contributed by atoms with Crippen molar-refractivity contribution in [3.05, 3.63) is 35.4 Å². The van der Waals surface area contributed by atoms with Gasteiger partial charge in [-0.15, -0.1) is 0 Å². The molecule has 0 aliphatic rings. The highest BCUT2D eigenvalue weighted by atomic mass is 16.4. The molecule has 1 aromatic rings. The normalized spacial score (nSPS) is 12.3. The van der Waals surface area contributed by atoms with Gasteiger partial charge in [-0.1, -0.05) is 76.6 Å². The molecule has 0 amide bonds. The molecule has 0 heterocycles. The highest BCUT2D eigenvalue weighted by Crippen LogP contribution is 2.25. The molecule has 0 radical (unpaired) electrons. The Hall–Kier alpha value is -1.31. The van der Waals surface area contributed by atoms with E-state index in [0.29, 0.717) is 5.92 Å². The topological polar surface area (TPSA) is 40.1 Å². The second kappa shape index (κ2) is 9.57. The van der Waals surface area contributed by atoms with Crippen LogP contribution in [0.2, 0.25) is 0 Å². The van der Waals surface area contributed by atoms with Crippen molar-refractivity contribution >= 4 is 5.97 Å². The largest absolute Gasteiger partial charge is 0.550 e. The highest BCUT2D eigenvalue weighted by molar-refractivity contribution is 5.68. The molecule has 0 saturated heterocycles. The number of carboxylic acids is 1. The van der Waals surface area contributed by atoms with Gasteiger partial charge in [-0.2, -0.15) is 0 Å². The van der Waals surface area contributed by atoms with E-state index in [1.165, 1.54) is 44.1 Å². The fourth-order valence-electron chi connectivity index (χ4n) is 2.72. The van der Waals surface area contributed by atoms with Gasteiger partial charge >= 0.3 is 0 Å². The van der Waals surface area contributed by atoms with Crippen LogP contribution in [0.4, 0.5) is 0 Å². The van der Waals surface area contributed by atoms with E-state index in [1.807, 2.05) is 18.2 Å². The average molecular weight is 275 g/mol. The van der Waals surface area contributed by atoms with E-state index in [0.717, 1.165) is 12.0 Å². The minimum atomic E-state index is -0.996. The summed E-state index contributed by atoms with van der Waals surface area (Å²) in [6.07, 6.45) is 8.95. The Kier molecular flexibility index (Phi) is 8.01. The standard InChI is InChI=1S/C18H28O2/c1-3-4-5-6-7-8-11-15(2)17-13-10-9-12-16(17)14-18(19)20/h9-10,12-13,15H,3-8,11,14H2,1-2H3,(H,19,20)/p-1/t15-/m0/s1. The molecule has 1 aromatic carbocycles. The summed E-state index contributed by atoms with van der Waals surface area (Å²) in [5.74, 6) is -0.569. The van der Waals surface area contributed by atoms with Crippen molar-refractivity contribution in [3.8, 4) is 0 Å². The summed E-state index contributed by atoms with van der Waals surface area (Å²) in [4.78, 5) is 10.8. The first-order chi connectivity index (χ1) is 9.65. The van der Waals surface area contributed by atoms with Crippen LogP contribution in [0.5, 0.6) is 0 Å². The molecule has 1 rings (SSSR count). The van der Waals surface area contributed by atoms with Crippen LogP contribution in [0.1, 0.15) is 75.8 Å². The minimum absolute atomic E-state index is 0.0248. The average Bonchev–Trinajstić information content (AvgIpc) is 2.42. The minimum Gasteiger partial charge on any atom is -0.550 e. The fourth-order valence-corrected chi connectivity index (χ4v) is 2.72. The maximum absolute atomic E-state index is 10.8. The second-order valence-electron chi connectivity index (χ2n) is 5.71. The number of rotatable bonds is 10. The van der Waals surface area contributed by atoms with Gasteiger partial charge in [0.2, 0.25) is 0 Å². The number of benzene rings is 1. The Morgan fingerprint density at radius 1 is 1.10 bits per heavy atom. The van der Waals surface area contributed by atoms with E-state index < -0.39 is 5.97 Å². The van der Waals surface area contributed by atoms with Gasteiger partial charge in [0.25, 0.3) is 0 Å². The van der Waals surface area contributed by atoms with Crippen molar-refractivity contribution < 1.29 is 9.90 Å². The van der Waals surface area contributed by atoms with E-state index in [9.17, 15) is 9.90 Å². The van der Waals surface area contributed by atoms with Crippen molar-refractivity contribution in [2.45, 2.75) is 71.1 Å². The first-order valence-corrected chi connectivity index (χ1v) is 7.92. The zero-order chi connectivity index (χ0) is 14.8. The molecule has 0 unspecified atom stereocenters. The summed E-state index contributed by atoms with van der Waals surface area (Å²) in [6, 6.07) is 7.86. The third-order valence-electron chi connectivity index (χ3n) is 3.91. The Morgan fingerprint density at radius 3 is 2.45 bits per heavy atom. The Bertz CT molecular complexity index is 398. The summed E-state index contributed by atoms with van der Waals surface area (Å²) in [5, 5.41) is 10.8. The number of carbonyl (C=O) groups excluding carboxylic acids is 1. The predicted octanol–water partition coefficient (Wildman–Crippen LogP) is 3.83. The van der Waals surface area contributed by atoms with Crippen molar-refractivity contribution in [3.63, 3.8) is 0 Å². The molecule has 0 aromatic heterocycles. The van der Waals surface area contributed by atoms with Crippen LogP contribution in [0.25, 0.3) is 0 Å². The lowest BCUT2D eigenvalue weighted by atomic mass is 9.90. The van der Waals surface area contributed by atoms with Crippen molar-refractivity contribution in [1.82, 2.24) is 0 Å². The van der Waals surface area contributed by atoms with Crippen molar-refractivity contribution in [2.75, 3.05) is 0 Å². The van der Waals surface area contributed by atoms with Crippen LogP contribution in [0.15, 0.2) is 24.3 Å². The van der Waals surface area contributed by atoms with Crippen molar-refractivity contribution in [2.24, 2.45) is 0 Å². The number of hydrogen-bond donors (Lipinski definition) is 0. The Labute approximate surface area is 123 Å². The molecule has 2 nitrogen and oxygen atoms in total. The maximum Gasteiger partial charge on any atom is 0.0458 e. The molecule has 112 valence electrons. The summed E-state index contributed by atoms with van der Waals surface area (Å²) >= 11 is 0. The lowest BCUT2D eigenvalue weighted by Crippen LogP contribution is -2.25. The maximum atomic E-state index is 10.8. The van der Waals surface area contributed by atoms with Gasteiger partial charge in [-0.25, -0.2) is 0 Å². The molecule has 20 heavy (non-hydrogen) atoms. The van der Waals surface area contributed by atoms with E-state index in [4.69, 9.17) is 0 Å². The number of hydrogen-bond acceptors (Lipinski definition) is 2. The van der Waals surface area contributed by atoms with Gasteiger partial charge < -0.3 is 9.90 Å². The van der Waals surface area contributed by atoms with E-state index in [1.54, 1.807) is 0 Å². The molecule has 0 saturated carbocycles. The van der Waals surface area contributed by atoms with Gasteiger partial charge in [0.15, 0.2) is 0 Å². The molecular weight excluding hydrogens is 248 g/mol. The first kappa shape index (κ1) is 16.7. The number of carboxylic acid groups (broad SMARTS) is 1. The molecule has 1 atom stereocenters. The predicted molar refractivity (Wildman–Crippen MR) is 81.6 cm³/mol. The molecule has 0 fully saturated rings. The van der Waals surface area contributed by atoms with Gasteiger partial charge in [-0.05, 0) is 23.5 Å². The van der Waals surface area contributed by atoms with Crippen LogP contribution < -0.4 is 5.11 Å². The summed E-state index contributed by atoms with van der Waals surface area (Å²) in [5.41, 5.74) is 2.08. The lowest BCUT2D eigenvalue weighted by Gasteiger charge is -2.17. The van der Waals surface area contributed by atoms with E-state index in [-0.39, 0.29) is 6.42 Å². The molecule has 2 heteroatoms. The molecule has 0 spiro atoms. The lowest BCUT2D eigenvalue weighted by molar-refractivity contribution is -0.304. The number of carbonyl (C=O) groups is 1. The second-order valence-corrected chi connectivity index (χ2v) is 5.71. The molecule has 0 bridgehead atoms. The van der Waals surface area contributed by atoms with Crippen molar-refractivity contribution in [1.29, 1.82) is 0 Å². The monoisotopic (exact) mass is 275 g/mol. The first-order valence-electron chi connectivity index (χ1n) is 7.92. The zero-order valence-electron chi connectivity index (χ0n) is 12.9. The van der Waals surface area contributed by atoms with E-state index >= 15 is 0 Å². The van der Waals surface area contributed by atoms with Crippen LogP contribution in [-0.2, 0) is 11.2 Å². The Morgan fingerprint density at radius 2 is 1.75 bits per heavy atom. The molecule has 0 aliphatic heterocycles. The molecular formula is C18H27O2-. The molecule has 0 aliphatic carbocycles. The third kappa shape index (κ3) is 6.23. The van der Waals surface area contributed by atoms with Crippen LogP contribution in [-0.4, -0.2) is 5.97 Å². The smallest absolute Gasteiger partial charge is 0.0458 e. The number of unbranched alkanes of at least 4 members (excludes halogenated alkanes) is 5. The zero-order valence-corrected chi connectivity index (χ0v) is 12.9. The van der Waals surface area contributed by atoms with E-state index in [2.05, 4.69) is 19.9 Å². The van der Waals surface area contributed by atoms with Gasteiger partial charge in [0.1, 0.15) is 0 Å². The SMILES string of the molecule is CCCCCCCC[C@H](C)c1ccccc1CC(=O)[O-]. The summed E-state index contributed by atoms with van der Waals surface area (Å²) in [7, 11) is 0. The molecule has 0 N–H and O–H groups in total. The highest BCUT2D eigenvalue weighted by Gasteiger charge is 2.10. The van der Waals surface area contributed by atoms with Crippen LogP contribution in [0.3, 0.4) is 0 Å². The third-order valence-corrected chi connectivity index (χ3v) is 3.91. The quantitative estimate of drug-likeness (QED) is 0.609. The summed E-state index contributed by atoms with van der Waals surface area (Å²) in [6.45, 7) is 4.43. The van der Waals surface area contributed by atoms with Crippen LogP contribution in [0, 0.1) is 0 Å².